The SMILES string of the molecule is Cc1csc2[nH]c(=O)c(-c3ccccc3)c(O)c12. The summed E-state index contributed by atoms with van der Waals surface area (Å²) in [4.78, 5) is 15.6. The van der Waals surface area contributed by atoms with E-state index in [1.54, 1.807) is 0 Å². The van der Waals surface area contributed by atoms with Crippen molar-refractivity contribution in [2.45, 2.75) is 6.92 Å². The lowest BCUT2D eigenvalue weighted by Crippen LogP contribution is -2.08. The predicted molar refractivity (Wildman–Crippen MR) is 74.3 cm³/mol. The van der Waals surface area contributed by atoms with Gasteiger partial charge in [0, 0.05) is 0 Å². The average molecular weight is 257 g/mol. The molecule has 90 valence electrons. The highest BCUT2D eigenvalue weighted by molar-refractivity contribution is 7.17. The molecule has 18 heavy (non-hydrogen) atoms. The number of aromatic hydroxyl groups is 1. The molecule has 0 saturated heterocycles. The maximum Gasteiger partial charge on any atom is 0.260 e. The number of aromatic nitrogens is 1. The van der Waals surface area contributed by atoms with Crippen LogP contribution in [0.5, 0.6) is 5.75 Å². The van der Waals surface area contributed by atoms with Crippen LogP contribution in [0.3, 0.4) is 0 Å². The first-order chi connectivity index (χ1) is 8.68. The van der Waals surface area contributed by atoms with Gasteiger partial charge < -0.3 is 10.1 Å². The van der Waals surface area contributed by atoms with Gasteiger partial charge in [-0.25, -0.2) is 0 Å². The van der Waals surface area contributed by atoms with Crippen LogP contribution >= 0.6 is 11.3 Å². The topological polar surface area (TPSA) is 53.1 Å². The molecule has 0 atom stereocenters. The molecule has 1 aromatic carbocycles. The monoisotopic (exact) mass is 257 g/mol. The molecule has 0 aliphatic carbocycles. The van der Waals surface area contributed by atoms with Crippen molar-refractivity contribution in [3.63, 3.8) is 0 Å². The van der Waals surface area contributed by atoms with E-state index in [2.05, 4.69) is 4.98 Å². The summed E-state index contributed by atoms with van der Waals surface area (Å²) in [5.74, 6) is 0.0682. The molecule has 0 amide bonds. The second kappa shape index (κ2) is 3.99. The maximum atomic E-state index is 12.1. The van der Waals surface area contributed by atoms with E-state index in [4.69, 9.17) is 0 Å². The van der Waals surface area contributed by atoms with E-state index in [-0.39, 0.29) is 11.3 Å². The van der Waals surface area contributed by atoms with Crippen molar-refractivity contribution < 1.29 is 5.11 Å². The van der Waals surface area contributed by atoms with Gasteiger partial charge in [0.25, 0.3) is 5.56 Å². The zero-order valence-electron chi connectivity index (χ0n) is 9.73. The third kappa shape index (κ3) is 1.54. The number of rotatable bonds is 1. The van der Waals surface area contributed by atoms with Crippen molar-refractivity contribution in [3.8, 4) is 16.9 Å². The van der Waals surface area contributed by atoms with Gasteiger partial charge >= 0.3 is 0 Å². The largest absolute Gasteiger partial charge is 0.506 e. The van der Waals surface area contributed by atoms with Crippen LogP contribution in [0.2, 0.25) is 0 Å². The Morgan fingerprint density at radius 3 is 2.67 bits per heavy atom. The van der Waals surface area contributed by atoms with E-state index in [9.17, 15) is 9.90 Å². The van der Waals surface area contributed by atoms with E-state index in [0.717, 1.165) is 21.3 Å². The van der Waals surface area contributed by atoms with E-state index < -0.39 is 0 Å². The number of hydrogen-bond donors (Lipinski definition) is 2. The van der Waals surface area contributed by atoms with Gasteiger partial charge in [-0.15, -0.1) is 11.3 Å². The number of hydrogen-bond acceptors (Lipinski definition) is 3. The predicted octanol–water partition coefficient (Wildman–Crippen LogP) is 3.27. The van der Waals surface area contributed by atoms with Crippen LogP contribution in [-0.4, -0.2) is 10.1 Å². The quantitative estimate of drug-likeness (QED) is 0.703. The fraction of sp³-hybridized carbons (Fsp3) is 0.0714. The smallest absolute Gasteiger partial charge is 0.260 e. The van der Waals surface area contributed by atoms with Gasteiger partial charge in [-0.1, -0.05) is 30.3 Å². The molecule has 2 aromatic heterocycles. The minimum atomic E-state index is -0.256. The Balaban J connectivity index is 2.43. The third-order valence-corrected chi connectivity index (χ3v) is 3.98. The van der Waals surface area contributed by atoms with Crippen LogP contribution < -0.4 is 5.56 Å². The number of H-pyrrole nitrogens is 1. The molecule has 0 radical (unpaired) electrons. The molecule has 0 fully saturated rings. The van der Waals surface area contributed by atoms with E-state index in [1.807, 2.05) is 42.6 Å². The Kier molecular flexibility index (Phi) is 2.45. The van der Waals surface area contributed by atoms with Crippen LogP contribution in [0.25, 0.3) is 21.3 Å². The number of aryl methyl sites for hydroxylation is 1. The van der Waals surface area contributed by atoms with Crippen LogP contribution in [0.15, 0.2) is 40.5 Å². The molecule has 3 rings (SSSR count). The number of benzene rings is 1. The molecule has 0 bridgehead atoms. The lowest BCUT2D eigenvalue weighted by Gasteiger charge is -2.05. The van der Waals surface area contributed by atoms with Gasteiger partial charge in [0.1, 0.15) is 10.6 Å². The Hall–Kier alpha value is -2.07. The fourth-order valence-corrected chi connectivity index (χ4v) is 3.04. The molecular formula is C14H11NO2S. The zero-order valence-corrected chi connectivity index (χ0v) is 10.5. The second-order valence-corrected chi connectivity index (χ2v) is 5.05. The summed E-state index contributed by atoms with van der Waals surface area (Å²) in [5.41, 5.74) is 1.78. The van der Waals surface area contributed by atoms with Gasteiger partial charge in [0.15, 0.2) is 0 Å². The maximum absolute atomic E-state index is 12.1. The number of aromatic amines is 1. The van der Waals surface area contributed by atoms with Gasteiger partial charge in [-0.3, -0.25) is 4.79 Å². The molecule has 0 aliphatic rings. The number of fused-ring (bicyclic) bond motifs is 1. The standard InChI is InChI=1S/C14H11NO2S/c1-8-7-18-14-10(8)12(16)11(13(17)15-14)9-5-3-2-4-6-9/h2-7H,1H3,(H2,15,16,17). The van der Waals surface area contributed by atoms with Crippen LogP contribution in [0.1, 0.15) is 5.56 Å². The first-order valence-corrected chi connectivity index (χ1v) is 6.45. The molecule has 0 saturated carbocycles. The number of thiophene rings is 1. The normalized spacial score (nSPS) is 10.9. The Morgan fingerprint density at radius 2 is 1.94 bits per heavy atom. The number of nitrogens with one attached hydrogen (secondary N) is 1. The van der Waals surface area contributed by atoms with E-state index in [0.29, 0.717) is 5.56 Å². The van der Waals surface area contributed by atoms with Crippen molar-refractivity contribution in [3.05, 3.63) is 51.6 Å². The Morgan fingerprint density at radius 1 is 1.22 bits per heavy atom. The van der Waals surface area contributed by atoms with Crippen LogP contribution in [0.4, 0.5) is 0 Å². The van der Waals surface area contributed by atoms with Gasteiger partial charge in [0.05, 0.1) is 10.9 Å². The summed E-state index contributed by atoms with van der Waals surface area (Å²) in [5, 5.41) is 13.0. The minimum Gasteiger partial charge on any atom is -0.506 e. The summed E-state index contributed by atoms with van der Waals surface area (Å²) in [6.07, 6.45) is 0. The molecule has 0 unspecified atom stereocenters. The summed E-state index contributed by atoms with van der Waals surface area (Å²) < 4.78 is 0. The van der Waals surface area contributed by atoms with Crippen molar-refractivity contribution in [1.82, 2.24) is 4.98 Å². The molecular weight excluding hydrogens is 246 g/mol. The summed E-state index contributed by atoms with van der Waals surface area (Å²) in [6.45, 7) is 1.92. The average Bonchev–Trinajstić information content (AvgIpc) is 2.72. The molecule has 2 heterocycles. The van der Waals surface area contributed by atoms with E-state index in [1.165, 1.54) is 11.3 Å². The zero-order chi connectivity index (χ0) is 12.7. The van der Waals surface area contributed by atoms with Crippen LogP contribution in [0, 0.1) is 6.92 Å². The van der Waals surface area contributed by atoms with Crippen molar-refractivity contribution in [2.75, 3.05) is 0 Å². The summed E-state index contributed by atoms with van der Waals surface area (Å²) >= 11 is 1.43. The van der Waals surface area contributed by atoms with Crippen molar-refractivity contribution in [1.29, 1.82) is 0 Å². The molecule has 4 heteroatoms. The van der Waals surface area contributed by atoms with Crippen molar-refractivity contribution in [2.24, 2.45) is 0 Å². The molecule has 2 N–H and O–H groups in total. The Bertz CT molecular complexity index is 772. The number of pyridine rings is 1. The second-order valence-electron chi connectivity index (χ2n) is 4.17. The molecule has 0 aliphatic heterocycles. The highest BCUT2D eigenvalue weighted by Gasteiger charge is 2.15. The summed E-state index contributed by atoms with van der Waals surface area (Å²) in [6, 6.07) is 9.20. The summed E-state index contributed by atoms with van der Waals surface area (Å²) in [7, 11) is 0. The van der Waals surface area contributed by atoms with Crippen LogP contribution in [-0.2, 0) is 0 Å². The molecule has 3 aromatic rings. The first-order valence-electron chi connectivity index (χ1n) is 5.57. The minimum absolute atomic E-state index is 0.0682. The van der Waals surface area contributed by atoms with Crippen molar-refractivity contribution >= 4 is 21.6 Å². The Labute approximate surface area is 107 Å². The lowest BCUT2D eigenvalue weighted by molar-refractivity contribution is 0.482. The van der Waals surface area contributed by atoms with Gasteiger partial charge in [-0.05, 0) is 23.4 Å². The third-order valence-electron chi connectivity index (χ3n) is 2.97. The van der Waals surface area contributed by atoms with Gasteiger partial charge in [-0.2, -0.15) is 0 Å². The molecule has 0 spiro atoms. The van der Waals surface area contributed by atoms with Gasteiger partial charge in [0.2, 0.25) is 0 Å². The lowest BCUT2D eigenvalue weighted by atomic mass is 10.0. The highest BCUT2D eigenvalue weighted by Crippen LogP contribution is 2.36. The van der Waals surface area contributed by atoms with E-state index >= 15 is 0 Å². The molecule has 3 nitrogen and oxygen atoms in total. The fourth-order valence-electron chi connectivity index (χ4n) is 2.10. The first kappa shape index (κ1) is 11.0. The highest BCUT2D eigenvalue weighted by atomic mass is 32.1.